The molecule has 4 rings (SSSR count). The van der Waals surface area contributed by atoms with Gasteiger partial charge in [-0.15, -0.1) is 11.3 Å². The molecule has 1 atom stereocenters. The standard InChI is InChI=1S/C24H27N3O4S2/c1-6-30-22(28)13-20-25-18(23-26-24(2,3)15-31-23)14-27(20)21-11-10-19(32-21)16-8-7-9-17(12-16)33(4,5)29/h7-12,14H,4,6,13,15H2,1-3,5H3. The highest BCUT2D eigenvalue weighted by atomic mass is 32.2. The number of thiophene rings is 1. The molecule has 0 bridgehead atoms. The van der Waals surface area contributed by atoms with Crippen molar-refractivity contribution in [1.29, 1.82) is 0 Å². The van der Waals surface area contributed by atoms with E-state index >= 15 is 0 Å². The van der Waals surface area contributed by atoms with Crippen molar-refractivity contribution in [2.24, 2.45) is 4.99 Å². The fourth-order valence-corrected chi connectivity index (χ4v) is 5.17. The van der Waals surface area contributed by atoms with Crippen LogP contribution in [0.1, 0.15) is 32.3 Å². The minimum Gasteiger partial charge on any atom is -0.474 e. The van der Waals surface area contributed by atoms with Gasteiger partial charge in [0.2, 0.25) is 5.90 Å². The highest BCUT2D eigenvalue weighted by Crippen LogP contribution is 2.33. The molecule has 0 spiro atoms. The Morgan fingerprint density at radius 2 is 2.12 bits per heavy atom. The largest absolute Gasteiger partial charge is 0.474 e. The van der Waals surface area contributed by atoms with E-state index in [0.29, 0.717) is 35.5 Å². The highest BCUT2D eigenvalue weighted by molar-refractivity contribution is 7.99. The van der Waals surface area contributed by atoms with Crippen LogP contribution >= 0.6 is 11.3 Å². The van der Waals surface area contributed by atoms with Gasteiger partial charge in [-0.2, -0.15) is 0 Å². The molecule has 0 saturated carbocycles. The lowest BCUT2D eigenvalue weighted by Crippen LogP contribution is -2.17. The maximum absolute atomic E-state index is 12.4. The zero-order valence-corrected chi connectivity index (χ0v) is 20.8. The van der Waals surface area contributed by atoms with Gasteiger partial charge in [0.1, 0.15) is 29.5 Å². The summed E-state index contributed by atoms with van der Waals surface area (Å²) in [5, 5.41) is 0.887. The number of hydrogen-bond donors (Lipinski definition) is 0. The van der Waals surface area contributed by atoms with Gasteiger partial charge < -0.3 is 9.47 Å². The van der Waals surface area contributed by atoms with E-state index in [0.717, 1.165) is 15.4 Å². The van der Waals surface area contributed by atoms with Crippen molar-refractivity contribution in [1.82, 2.24) is 9.55 Å². The van der Waals surface area contributed by atoms with Crippen molar-refractivity contribution >= 4 is 38.6 Å². The minimum atomic E-state index is -2.31. The Balaban J connectivity index is 1.73. The molecule has 3 heterocycles. The molecular weight excluding hydrogens is 458 g/mol. The Kier molecular flexibility index (Phi) is 6.20. The molecule has 0 saturated heterocycles. The molecule has 0 fully saturated rings. The molecule has 0 N–H and O–H groups in total. The Hall–Kier alpha value is -2.91. The first-order chi connectivity index (χ1) is 15.6. The molecule has 1 unspecified atom stereocenters. The molecule has 2 aromatic heterocycles. The van der Waals surface area contributed by atoms with E-state index < -0.39 is 9.52 Å². The number of esters is 1. The number of hydrogen-bond acceptors (Lipinski definition) is 7. The second-order valence-corrected chi connectivity index (χ2v) is 12.1. The van der Waals surface area contributed by atoms with Crippen LogP contribution in [0.15, 0.2) is 52.5 Å². The number of carbonyl (C=O) groups is 1. The molecule has 174 valence electrons. The summed E-state index contributed by atoms with van der Waals surface area (Å²) in [6, 6.07) is 11.6. The van der Waals surface area contributed by atoms with Crippen LogP contribution in [0, 0.1) is 0 Å². The molecule has 33 heavy (non-hydrogen) atoms. The normalized spacial score (nSPS) is 16.7. The number of rotatable bonds is 7. The summed E-state index contributed by atoms with van der Waals surface area (Å²) in [6.07, 6.45) is 3.51. The number of imidazole rings is 1. The molecule has 1 aromatic carbocycles. The average molecular weight is 486 g/mol. The molecule has 0 amide bonds. The third-order valence-electron chi connectivity index (χ3n) is 5.02. The molecule has 3 aromatic rings. The van der Waals surface area contributed by atoms with Crippen LogP contribution in [0.4, 0.5) is 0 Å². The highest BCUT2D eigenvalue weighted by Gasteiger charge is 2.29. The summed E-state index contributed by atoms with van der Waals surface area (Å²) in [4.78, 5) is 23.2. The van der Waals surface area contributed by atoms with Crippen molar-refractivity contribution < 1.29 is 18.5 Å². The summed E-state index contributed by atoms with van der Waals surface area (Å²) in [7, 11) is -2.31. The van der Waals surface area contributed by atoms with Gasteiger partial charge >= 0.3 is 5.97 Å². The van der Waals surface area contributed by atoms with E-state index in [2.05, 4.69) is 15.8 Å². The first-order valence-electron chi connectivity index (χ1n) is 10.6. The fourth-order valence-electron chi connectivity index (χ4n) is 3.42. The van der Waals surface area contributed by atoms with Gasteiger partial charge in [-0.05, 0) is 66.0 Å². The van der Waals surface area contributed by atoms with E-state index in [1.165, 1.54) is 0 Å². The van der Waals surface area contributed by atoms with Crippen LogP contribution in [-0.4, -0.2) is 56.5 Å². The van der Waals surface area contributed by atoms with E-state index in [1.807, 2.05) is 61.0 Å². The number of nitrogens with zero attached hydrogens (tertiary/aromatic N) is 3. The predicted octanol–water partition coefficient (Wildman–Crippen LogP) is 3.97. The Bertz CT molecular complexity index is 1330. The fraction of sp³-hybridized carbons (Fsp3) is 0.333. The van der Waals surface area contributed by atoms with Crippen LogP contribution in [0.3, 0.4) is 0 Å². The Morgan fingerprint density at radius 3 is 2.79 bits per heavy atom. The van der Waals surface area contributed by atoms with Gasteiger partial charge in [0.15, 0.2) is 0 Å². The minimum absolute atomic E-state index is 0.0344. The maximum Gasteiger partial charge on any atom is 0.313 e. The van der Waals surface area contributed by atoms with Crippen LogP contribution < -0.4 is 0 Å². The Labute approximate surface area is 198 Å². The summed E-state index contributed by atoms with van der Waals surface area (Å²) >= 11 is 1.55. The smallest absolute Gasteiger partial charge is 0.313 e. The first-order valence-corrected chi connectivity index (χ1v) is 13.5. The lowest BCUT2D eigenvalue weighted by atomic mass is 10.1. The lowest BCUT2D eigenvalue weighted by molar-refractivity contribution is -0.142. The number of ether oxygens (including phenoxy) is 2. The quantitative estimate of drug-likeness (QED) is 0.374. The molecule has 9 heteroatoms. The summed E-state index contributed by atoms with van der Waals surface area (Å²) < 4.78 is 25.2. The molecular formula is C24H27N3O4S2. The monoisotopic (exact) mass is 485 g/mol. The Morgan fingerprint density at radius 1 is 1.33 bits per heavy atom. The summed E-state index contributed by atoms with van der Waals surface area (Å²) in [6.45, 7) is 6.56. The second kappa shape index (κ2) is 8.79. The van der Waals surface area contributed by atoms with Gasteiger partial charge in [-0.25, -0.2) is 9.98 Å². The van der Waals surface area contributed by atoms with E-state index in [4.69, 9.17) is 9.47 Å². The second-order valence-electron chi connectivity index (χ2n) is 8.58. The van der Waals surface area contributed by atoms with Crippen LogP contribution in [0.2, 0.25) is 0 Å². The number of aliphatic imine (C=N–C) groups is 1. The van der Waals surface area contributed by atoms with Crippen LogP contribution in [0.25, 0.3) is 15.4 Å². The zero-order chi connectivity index (χ0) is 23.8. The topological polar surface area (TPSA) is 82.8 Å². The van der Waals surface area contributed by atoms with Crippen molar-refractivity contribution in [3.8, 4) is 15.4 Å². The summed E-state index contributed by atoms with van der Waals surface area (Å²) in [5.41, 5.74) is 1.23. The van der Waals surface area contributed by atoms with Gasteiger partial charge in [0.05, 0.1) is 12.1 Å². The van der Waals surface area contributed by atoms with Crippen molar-refractivity contribution in [2.75, 3.05) is 19.5 Å². The van der Waals surface area contributed by atoms with Crippen molar-refractivity contribution in [2.45, 2.75) is 37.6 Å². The summed E-state index contributed by atoms with van der Waals surface area (Å²) in [5.74, 6) is 4.47. The maximum atomic E-state index is 12.4. The van der Waals surface area contributed by atoms with E-state index in [1.54, 1.807) is 24.5 Å². The molecule has 1 aliphatic rings. The molecule has 1 aliphatic heterocycles. The van der Waals surface area contributed by atoms with Gasteiger partial charge in [-0.3, -0.25) is 13.6 Å². The van der Waals surface area contributed by atoms with Crippen molar-refractivity contribution in [3.05, 3.63) is 54.1 Å². The zero-order valence-electron chi connectivity index (χ0n) is 19.2. The third-order valence-corrected chi connectivity index (χ3v) is 7.40. The SMILES string of the molecule is C=S(C)(=O)c1cccc(-c2ccc(-n3cc(C4=NC(C)(C)CO4)nc3CC(=O)OCC)s2)c1. The lowest BCUT2D eigenvalue weighted by Gasteiger charge is -2.07. The molecule has 0 radical (unpaired) electrons. The van der Waals surface area contributed by atoms with E-state index in [-0.39, 0.29) is 17.9 Å². The molecule has 0 aliphatic carbocycles. The van der Waals surface area contributed by atoms with Gasteiger partial charge in [0, 0.05) is 22.2 Å². The van der Waals surface area contributed by atoms with Crippen LogP contribution in [-0.2, 0) is 30.2 Å². The first kappa shape index (κ1) is 23.3. The van der Waals surface area contributed by atoms with Gasteiger partial charge in [-0.1, -0.05) is 12.1 Å². The molecule has 7 nitrogen and oxygen atoms in total. The van der Waals surface area contributed by atoms with E-state index in [9.17, 15) is 9.00 Å². The predicted molar refractivity (Wildman–Crippen MR) is 133 cm³/mol. The average Bonchev–Trinajstić information content (AvgIpc) is 3.46. The number of carbonyl (C=O) groups excluding carboxylic acids is 1. The van der Waals surface area contributed by atoms with Gasteiger partial charge in [0.25, 0.3) is 0 Å². The number of aromatic nitrogens is 2. The number of benzene rings is 1. The van der Waals surface area contributed by atoms with Crippen molar-refractivity contribution in [3.63, 3.8) is 0 Å². The third kappa shape index (κ3) is 5.20. The van der Waals surface area contributed by atoms with Crippen LogP contribution in [0.5, 0.6) is 0 Å².